The Hall–Kier alpha value is -1.58. The van der Waals surface area contributed by atoms with Gasteiger partial charge in [0, 0.05) is 11.1 Å². The monoisotopic (exact) mass is 337 g/mol. The molecular weight excluding hydrogens is 310 g/mol. The van der Waals surface area contributed by atoms with E-state index >= 15 is 0 Å². The fraction of sp³-hybridized carbons (Fsp3) is 0.421. The van der Waals surface area contributed by atoms with Gasteiger partial charge in [-0.05, 0) is 26.8 Å². The van der Waals surface area contributed by atoms with Gasteiger partial charge in [-0.2, -0.15) is 0 Å². The maximum absolute atomic E-state index is 11.6. The first kappa shape index (κ1) is 21.4. The second kappa shape index (κ2) is 10.2. The Labute approximate surface area is 146 Å². The number of esters is 1. The minimum Gasteiger partial charge on any atom is -1.00 e. The van der Waals surface area contributed by atoms with E-state index in [4.69, 9.17) is 4.74 Å². The fourth-order valence-corrected chi connectivity index (χ4v) is 2.84. The van der Waals surface area contributed by atoms with Crippen molar-refractivity contribution >= 4 is 5.97 Å². The molecule has 4 heteroatoms. The summed E-state index contributed by atoms with van der Waals surface area (Å²) in [5.74, 6) is -0.319. The Morgan fingerprint density at radius 3 is 2.26 bits per heavy atom. The van der Waals surface area contributed by atoms with Gasteiger partial charge in [-0.15, -0.1) is 0 Å². The van der Waals surface area contributed by atoms with E-state index in [9.17, 15) is 4.79 Å². The van der Waals surface area contributed by atoms with Crippen molar-refractivity contribution < 1.29 is 26.4 Å². The Balaban J connectivity index is 0.00000484. The highest BCUT2D eigenvalue weighted by molar-refractivity contribution is 5.86. The van der Waals surface area contributed by atoms with Gasteiger partial charge in [-0.3, -0.25) is 0 Å². The van der Waals surface area contributed by atoms with Crippen LogP contribution in [0.15, 0.2) is 55.1 Å². The predicted molar refractivity (Wildman–Crippen MR) is 91.4 cm³/mol. The van der Waals surface area contributed by atoms with Gasteiger partial charge in [0.05, 0.1) is 13.1 Å². The maximum Gasteiger partial charge on any atom is 0.333 e. The van der Waals surface area contributed by atoms with Crippen molar-refractivity contribution in [2.24, 2.45) is 0 Å². The number of ether oxygens (including phenoxy) is 1. The molecule has 3 nitrogen and oxygen atoms in total. The van der Waals surface area contributed by atoms with Gasteiger partial charge in [0.1, 0.15) is 19.2 Å². The lowest BCUT2D eigenvalue weighted by molar-refractivity contribution is -0.947. The molecule has 0 amide bonds. The first-order valence-electron chi connectivity index (χ1n) is 7.86. The summed E-state index contributed by atoms with van der Waals surface area (Å²) in [5, 5.41) is 0. The molecule has 1 aromatic rings. The largest absolute Gasteiger partial charge is 1.00 e. The molecule has 0 saturated heterocycles. The van der Waals surface area contributed by atoms with Crippen LogP contribution in [0, 0.1) is 0 Å². The Bertz CT molecular complexity index is 509. The van der Waals surface area contributed by atoms with Gasteiger partial charge >= 0.3 is 5.97 Å². The average molecular weight is 338 g/mol. The molecule has 128 valence electrons. The van der Waals surface area contributed by atoms with Crippen LogP contribution in [-0.4, -0.2) is 36.7 Å². The lowest BCUT2D eigenvalue weighted by atomic mass is 10.0. The second-order valence-corrected chi connectivity index (χ2v) is 5.58. The van der Waals surface area contributed by atoms with Crippen LogP contribution >= 0.6 is 0 Å². The van der Waals surface area contributed by atoms with Crippen molar-refractivity contribution in [1.82, 2.24) is 0 Å². The molecule has 0 fully saturated rings. The number of hydrogen-bond donors (Lipinski definition) is 0. The SMILES string of the molecule is C=CC(c1ccccc1)[N+](CC)(CC)CCOC(=O)C(=C)C.[Cl-]. The molecule has 0 aromatic heterocycles. The molecule has 1 aromatic carbocycles. The number of halogens is 1. The van der Waals surface area contributed by atoms with E-state index in [-0.39, 0.29) is 24.4 Å². The average Bonchev–Trinajstić information content (AvgIpc) is 2.54. The van der Waals surface area contributed by atoms with E-state index in [1.165, 1.54) is 5.56 Å². The summed E-state index contributed by atoms with van der Waals surface area (Å²) in [4.78, 5) is 11.6. The molecule has 23 heavy (non-hydrogen) atoms. The van der Waals surface area contributed by atoms with Gasteiger partial charge in [0.25, 0.3) is 0 Å². The molecule has 0 saturated carbocycles. The number of quaternary nitrogens is 1. The smallest absolute Gasteiger partial charge is 0.333 e. The Morgan fingerprint density at radius 2 is 1.83 bits per heavy atom. The van der Waals surface area contributed by atoms with Crippen molar-refractivity contribution in [2.45, 2.75) is 26.8 Å². The zero-order valence-electron chi connectivity index (χ0n) is 14.4. The molecule has 1 atom stereocenters. The Kier molecular flexibility index (Phi) is 9.54. The highest BCUT2D eigenvalue weighted by Gasteiger charge is 2.33. The van der Waals surface area contributed by atoms with Crippen LogP contribution in [0.5, 0.6) is 0 Å². The molecule has 0 N–H and O–H groups in total. The molecule has 1 unspecified atom stereocenters. The number of carbonyl (C=O) groups is 1. The van der Waals surface area contributed by atoms with Crippen LogP contribution in [0.3, 0.4) is 0 Å². The van der Waals surface area contributed by atoms with E-state index in [1.807, 2.05) is 24.3 Å². The lowest BCUT2D eigenvalue weighted by Crippen LogP contribution is -3.00. The van der Waals surface area contributed by atoms with Crippen LogP contribution < -0.4 is 12.4 Å². The zero-order valence-corrected chi connectivity index (χ0v) is 15.2. The van der Waals surface area contributed by atoms with E-state index in [2.05, 4.69) is 39.1 Å². The van der Waals surface area contributed by atoms with Crippen molar-refractivity contribution in [1.29, 1.82) is 0 Å². The lowest BCUT2D eigenvalue weighted by Gasteiger charge is -2.42. The van der Waals surface area contributed by atoms with E-state index in [0.717, 1.165) is 24.1 Å². The fourth-order valence-electron chi connectivity index (χ4n) is 2.84. The van der Waals surface area contributed by atoms with E-state index in [1.54, 1.807) is 6.92 Å². The van der Waals surface area contributed by atoms with Crippen molar-refractivity contribution in [3.63, 3.8) is 0 Å². The van der Waals surface area contributed by atoms with Crippen molar-refractivity contribution in [2.75, 3.05) is 26.2 Å². The number of benzene rings is 1. The first-order chi connectivity index (χ1) is 10.5. The summed E-state index contributed by atoms with van der Waals surface area (Å²) in [6.07, 6.45) is 2.00. The standard InChI is InChI=1S/C19H28NO2.ClH/c1-6-18(17-12-10-9-11-13-17)20(7-2,8-3)14-15-22-19(21)16(4)5;/h6,9-13,18H,1,4,7-8,14-15H2,2-3,5H3;1H/q+1;/p-1. The van der Waals surface area contributed by atoms with Crippen LogP contribution in [0.4, 0.5) is 0 Å². The maximum atomic E-state index is 11.6. The number of rotatable bonds is 9. The van der Waals surface area contributed by atoms with Crippen LogP contribution in [0.25, 0.3) is 0 Å². The molecule has 0 bridgehead atoms. The second-order valence-electron chi connectivity index (χ2n) is 5.58. The van der Waals surface area contributed by atoms with Gasteiger partial charge in [-0.1, -0.05) is 43.5 Å². The van der Waals surface area contributed by atoms with Gasteiger partial charge in [0.2, 0.25) is 0 Å². The van der Waals surface area contributed by atoms with Crippen molar-refractivity contribution in [3.05, 3.63) is 60.7 Å². The van der Waals surface area contributed by atoms with Gasteiger partial charge in [-0.25, -0.2) is 4.79 Å². The van der Waals surface area contributed by atoms with Crippen LogP contribution in [0.1, 0.15) is 32.4 Å². The third-order valence-corrected chi connectivity index (χ3v) is 4.33. The summed E-state index contributed by atoms with van der Waals surface area (Å²) in [5.41, 5.74) is 1.68. The molecule has 1 rings (SSSR count). The normalized spacial score (nSPS) is 12.0. The minimum atomic E-state index is -0.319. The number of nitrogens with zero attached hydrogens (tertiary/aromatic N) is 1. The summed E-state index contributed by atoms with van der Waals surface area (Å²) in [7, 11) is 0. The number of likely N-dealkylation sites (N-methyl/N-ethyl adjacent to an activating group) is 1. The summed E-state index contributed by atoms with van der Waals surface area (Å²) >= 11 is 0. The highest BCUT2D eigenvalue weighted by Crippen LogP contribution is 2.29. The first-order valence-corrected chi connectivity index (χ1v) is 7.86. The van der Waals surface area contributed by atoms with Crippen molar-refractivity contribution in [3.8, 4) is 0 Å². The minimum absolute atomic E-state index is 0. The summed E-state index contributed by atoms with van der Waals surface area (Å²) in [6, 6.07) is 10.6. The molecule has 0 aliphatic carbocycles. The molecule has 0 aliphatic heterocycles. The van der Waals surface area contributed by atoms with Gasteiger partial charge < -0.3 is 21.6 Å². The third kappa shape index (κ3) is 5.52. The van der Waals surface area contributed by atoms with Crippen LogP contribution in [-0.2, 0) is 9.53 Å². The third-order valence-electron chi connectivity index (χ3n) is 4.33. The van der Waals surface area contributed by atoms with E-state index in [0.29, 0.717) is 12.2 Å². The predicted octanol–water partition coefficient (Wildman–Crippen LogP) is 0.894. The summed E-state index contributed by atoms with van der Waals surface area (Å²) in [6.45, 7) is 16.7. The van der Waals surface area contributed by atoms with Crippen LogP contribution in [0.2, 0.25) is 0 Å². The van der Waals surface area contributed by atoms with Gasteiger partial charge in [0.15, 0.2) is 0 Å². The molecule has 0 aliphatic rings. The number of hydrogen-bond acceptors (Lipinski definition) is 2. The zero-order chi connectivity index (χ0) is 16.6. The number of carbonyl (C=O) groups excluding carboxylic acids is 1. The quantitative estimate of drug-likeness (QED) is 0.289. The Morgan fingerprint density at radius 1 is 1.26 bits per heavy atom. The molecule has 0 heterocycles. The highest BCUT2D eigenvalue weighted by atomic mass is 35.5. The topological polar surface area (TPSA) is 26.3 Å². The molecule has 0 radical (unpaired) electrons. The molecular formula is C19H28ClNO2. The molecule has 0 spiro atoms. The summed E-state index contributed by atoms with van der Waals surface area (Å²) < 4.78 is 6.12. The van der Waals surface area contributed by atoms with E-state index < -0.39 is 0 Å².